The summed E-state index contributed by atoms with van der Waals surface area (Å²) in [6.45, 7) is 8.19. The van der Waals surface area contributed by atoms with Crippen LogP contribution in [0.4, 0.5) is 11.4 Å². The first-order valence-corrected chi connectivity index (χ1v) is 7.84. The van der Waals surface area contributed by atoms with Crippen LogP contribution in [-0.4, -0.2) is 29.9 Å². The van der Waals surface area contributed by atoms with E-state index in [9.17, 15) is 4.79 Å². The lowest BCUT2D eigenvalue weighted by Crippen LogP contribution is -2.41. The quantitative estimate of drug-likeness (QED) is 0.834. The summed E-state index contributed by atoms with van der Waals surface area (Å²) in [6.07, 6.45) is 0. The lowest BCUT2D eigenvalue weighted by Gasteiger charge is -2.24. The van der Waals surface area contributed by atoms with Gasteiger partial charge in [0.15, 0.2) is 0 Å². The van der Waals surface area contributed by atoms with Gasteiger partial charge >= 0.3 is 0 Å². The van der Waals surface area contributed by atoms with E-state index in [1.807, 2.05) is 6.92 Å². The van der Waals surface area contributed by atoms with Crippen LogP contribution >= 0.6 is 23.2 Å². The third kappa shape index (κ3) is 3.62. The second kappa shape index (κ2) is 6.42. The Bertz CT molecular complexity index is 517. The molecule has 2 rings (SSSR count). The Hall–Kier alpha value is -0.970. The minimum absolute atomic E-state index is 0.104. The molecule has 1 amide bonds. The molecule has 0 aliphatic carbocycles. The number of nitrogens with two attached hydrogens (primary N) is 1. The number of rotatable bonds is 3. The number of halogens is 2. The minimum atomic E-state index is -0.219. The van der Waals surface area contributed by atoms with Crippen molar-refractivity contribution in [1.29, 1.82) is 0 Å². The summed E-state index contributed by atoms with van der Waals surface area (Å²) in [5.74, 6) is 1.10. The molecule has 4 nitrogen and oxygen atoms in total. The Morgan fingerprint density at radius 1 is 1.33 bits per heavy atom. The van der Waals surface area contributed by atoms with E-state index in [0.29, 0.717) is 33.3 Å². The number of nitrogens with one attached hydrogen (secondary N) is 1. The van der Waals surface area contributed by atoms with Gasteiger partial charge in [-0.15, -0.1) is 0 Å². The minimum Gasteiger partial charge on any atom is -0.397 e. The van der Waals surface area contributed by atoms with E-state index in [-0.39, 0.29) is 11.9 Å². The highest BCUT2D eigenvalue weighted by molar-refractivity contribution is 6.37. The number of hydrogen-bond donors (Lipinski definition) is 2. The van der Waals surface area contributed by atoms with Gasteiger partial charge in [0.2, 0.25) is 5.91 Å². The summed E-state index contributed by atoms with van der Waals surface area (Å²) in [7, 11) is 0. The smallest absolute Gasteiger partial charge is 0.241 e. The molecule has 3 atom stereocenters. The molecule has 0 spiro atoms. The van der Waals surface area contributed by atoms with Gasteiger partial charge in [0.05, 0.1) is 22.4 Å². The molecule has 6 heteroatoms. The van der Waals surface area contributed by atoms with Gasteiger partial charge < -0.3 is 11.1 Å². The number of benzene rings is 1. The lowest BCUT2D eigenvalue weighted by atomic mass is 10.0. The molecular formula is C15H21Cl2N3O. The molecule has 21 heavy (non-hydrogen) atoms. The molecule has 1 aromatic rings. The van der Waals surface area contributed by atoms with Crippen molar-refractivity contribution < 1.29 is 4.79 Å². The molecule has 1 aromatic carbocycles. The van der Waals surface area contributed by atoms with E-state index in [4.69, 9.17) is 28.9 Å². The summed E-state index contributed by atoms with van der Waals surface area (Å²) in [6, 6.07) is 2.93. The normalized spacial score (nSPS) is 24.0. The number of nitrogens with zero attached hydrogens (tertiary/aromatic N) is 1. The van der Waals surface area contributed by atoms with E-state index in [0.717, 1.165) is 13.1 Å². The molecule has 116 valence electrons. The third-order valence-corrected chi connectivity index (χ3v) is 4.79. The molecule has 1 saturated heterocycles. The molecule has 0 saturated carbocycles. The zero-order chi connectivity index (χ0) is 15.7. The van der Waals surface area contributed by atoms with Crippen LogP contribution in [0.5, 0.6) is 0 Å². The zero-order valence-electron chi connectivity index (χ0n) is 12.5. The standard InChI is InChI=1S/C15H21Cl2N3O/c1-8-6-20(7-9(8)2)10(3)15(21)19-14-12(17)4-11(16)5-13(14)18/h4-5,8-10H,6-7,18H2,1-3H3,(H,19,21). The summed E-state index contributed by atoms with van der Waals surface area (Å²) in [4.78, 5) is 14.6. The van der Waals surface area contributed by atoms with Gasteiger partial charge in [-0.3, -0.25) is 9.69 Å². The van der Waals surface area contributed by atoms with E-state index in [1.165, 1.54) is 0 Å². The first-order chi connectivity index (χ1) is 9.79. The van der Waals surface area contributed by atoms with Crippen molar-refractivity contribution in [3.05, 3.63) is 22.2 Å². The maximum Gasteiger partial charge on any atom is 0.241 e. The second-order valence-corrected chi connectivity index (χ2v) is 6.77. The number of carbonyl (C=O) groups excluding carboxylic acids is 1. The van der Waals surface area contributed by atoms with Crippen LogP contribution in [0.3, 0.4) is 0 Å². The summed E-state index contributed by atoms with van der Waals surface area (Å²) < 4.78 is 0. The number of nitrogen functional groups attached to an aromatic ring is 1. The van der Waals surface area contributed by atoms with Crippen molar-refractivity contribution in [2.75, 3.05) is 24.1 Å². The number of hydrogen-bond acceptors (Lipinski definition) is 3. The SMILES string of the molecule is CC1CN(C(C)C(=O)Nc2c(N)cc(Cl)cc2Cl)CC1C. The zero-order valence-corrected chi connectivity index (χ0v) is 14.0. The van der Waals surface area contributed by atoms with Crippen molar-refractivity contribution in [2.24, 2.45) is 11.8 Å². The summed E-state index contributed by atoms with van der Waals surface area (Å²) >= 11 is 12.0. The van der Waals surface area contributed by atoms with Crippen molar-refractivity contribution >= 4 is 40.5 Å². The van der Waals surface area contributed by atoms with Crippen LogP contribution in [0.15, 0.2) is 12.1 Å². The Labute approximate surface area is 135 Å². The first-order valence-electron chi connectivity index (χ1n) is 7.09. The first kappa shape index (κ1) is 16.4. The second-order valence-electron chi connectivity index (χ2n) is 5.93. The van der Waals surface area contributed by atoms with Crippen molar-refractivity contribution in [2.45, 2.75) is 26.8 Å². The predicted octanol–water partition coefficient (Wildman–Crippen LogP) is 3.49. The lowest BCUT2D eigenvalue weighted by molar-refractivity contribution is -0.120. The highest BCUT2D eigenvalue weighted by Gasteiger charge is 2.32. The van der Waals surface area contributed by atoms with Gasteiger partial charge in [-0.1, -0.05) is 37.0 Å². The fourth-order valence-corrected chi connectivity index (χ4v) is 3.17. The van der Waals surface area contributed by atoms with Gasteiger partial charge in [0, 0.05) is 18.1 Å². The van der Waals surface area contributed by atoms with E-state index < -0.39 is 0 Å². The fraction of sp³-hybridized carbons (Fsp3) is 0.533. The molecule has 1 heterocycles. The van der Waals surface area contributed by atoms with Crippen LogP contribution in [0.1, 0.15) is 20.8 Å². The van der Waals surface area contributed by atoms with E-state index in [1.54, 1.807) is 12.1 Å². The average Bonchev–Trinajstić information content (AvgIpc) is 2.72. The predicted molar refractivity (Wildman–Crippen MR) is 88.9 cm³/mol. The van der Waals surface area contributed by atoms with Gasteiger partial charge in [0.1, 0.15) is 0 Å². The maximum atomic E-state index is 12.4. The summed E-state index contributed by atoms with van der Waals surface area (Å²) in [5.41, 5.74) is 6.67. The largest absolute Gasteiger partial charge is 0.397 e. The fourth-order valence-electron chi connectivity index (χ4n) is 2.61. The molecule has 0 radical (unpaired) electrons. The maximum absolute atomic E-state index is 12.4. The van der Waals surface area contributed by atoms with Gasteiger partial charge in [-0.2, -0.15) is 0 Å². The summed E-state index contributed by atoms with van der Waals surface area (Å²) in [5, 5.41) is 3.62. The molecule has 1 fully saturated rings. The van der Waals surface area contributed by atoms with Crippen molar-refractivity contribution in [1.82, 2.24) is 4.90 Å². The Morgan fingerprint density at radius 2 is 1.90 bits per heavy atom. The number of likely N-dealkylation sites (tertiary alicyclic amines) is 1. The number of carbonyl (C=O) groups is 1. The van der Waals surface area contributed by atoms with Crippen LogP contribution in [-0.2, 0) is 4.79 Å². The Morgan fingerprint density at radius 3 is 2.43 bits per heavy atom. The number of amides is 1. The molecule has 3 N–H and O–H groups in total. The average molecular weight is 330 g/mol. The van der Waals surface area contributed by atoms with Gasteiger partial charge in [-0.25, -0.2) is 0 Å². The Balaban J connectivity index is 2.08. The van der Waals surface area contributed by atoms with Gasteiger partial charge in [0.25, 0.3) is 0 Å². The highest BCUT2D eigenvalue weighted by Crippen LogP contribution is 2.32. The van der Waals surface area contributed by atoms with Crippen LogP contribution < -0.4 is 11.1 Å². The Kier molecular flexibility index (Phi) is 5.02. The van der Waals surface area contributed by atoms with Crippen molar-refractivity contribution in [3.63, 3.8) is 0 Å². The topological polar surface area (TPSA) is 58.4 Å². The number of anilines is 2. The highest BCUT2D eigenvalue weighted by atomic mass is 35.5. The molecule has 3 unspecified atom stereocenters. The monoisotopic (exact) mass is 329 g/mol. The third-order valence-electron chi connectivity index (χ3n) is 4.28. The molecular weight excluding hydrogens is 309 g/mol. The van der Waals surface area contributed by atoms with E-state index >= 15 is 0 Å². The van der Waals surface area contributed by atoms with Crippen LogP contribution in [0.25, 0.3) is 0 Å². The van der Waals surface area contributed by atoms with Crippen LogP contribution in [0, 0.1) is 11.8 Å². The van der Waals surface area contributed by atoms with Gasteiger partial charge in [-0.05, 0) is 30.9 Å². The molecule has 1 aliphatic heterocycles. The van der Waals surface area contributed by atoms with E-state index in [2.05, 4.69) is 24.1 Å². The van der Waals surface area contributed by atoms with Crippen molar-refractivity contribution in [3.8, 4) is 0 Å². The van der Waals surface area contributed by atoms with Crippen LogP contribution in [0.2, 0.25) is 10.0 Å². The molecule has 1 aliphatic rings. The molecule has 0 bridgehead atoms. The molecule has 0 aromatic heterocycles.